The quantitative estimate of drug-likeness (QED) is 0.909. The molecule has 0 radical (unpaired) electrons. The zero-order chi connectivity index (χ0) is 17.6. The zero-order valence-electron chi connectivity index (χ0n) is 15.0. The molecule has 0 aliphatic carbocycles. The van der Waals surface area contributed by atoms with E-state index in [0.29, 0.717) is 17.9 Å². The second-order valence-corrected chi connectivity index (χ2v) is 6.60. The van der Waals surface area contributed by atoms with Crippen LogP contribution in [-0.2, 0) is 0 Å². The monoisotopic (exact) mass is 338 g/mol. The third-order valence-electron chi connectivity index (χ3n) is 4.69. The molecule has 1 atom stereocenters. The van der Waals surface area contributed by atoms with Crippen molar-refractivity contribution in [3.05, 3.63) is 59.8 Å². The molecule has 1 aromatic heterocycles. The van der Waals surface area contributed by atoms with E-state index in [4.69, 9.17) is 0 Å². The van der Waals surface area contributed by atoms with Crippen molar-refractivity contribution >= 4 is 11.7 Å². The van der Waals surface area contributed by atoms with Gasteiger partial charge in [-0.3, -0.25) is 14.6 Å². The fraction of sp³-hybridized carbons (Fsp3) is 0.400. The minimum absolute atomic E-state index is 0.000634. The van der Waals surface area contributed by atoms with Crippen LogP contribution in [0.15, 0.2) is 48.7 Å². The molecule has 5 heteroatoms. The summed E-state index contributed by atoms with van der Waals surface area (Å²) in [6.07, 6.45) is 1.74. The van der Waals surface area contributed by atoms with Gasteiger partial charge in [-0.1, -0.05) is 23.8 Å². The Hall–Kier alpha value is -2.24. The van der Waals surface area contributed by atoms with E-state index in [9.17, 15) is 4.79 Å². The molecule has 0 unspecified atom stereocenters. The Labute approximate surface area is 149 Å². The van der Waals surface area contributed by atoms with Gasteiger partial charge in [0.2, 0.25) is 0 Å². The van der Waals surface area contributed by atoms with Crippen LogP contribution in [0.25, 0.3) is 0 Å². The molecule has 2 heterocycles. The third-order valence-corrected chi connectivity index (χ3v) is 4.69. The van der Waals surface area contributed by atoms with Crippen molar-refractivity contribution in [1.29, 1.82) is 0 Å². The fourth-order valence-corrected chi connectivity index (χ4v) is 3.15. The Morgan fingerprint density at radius 2 is 1.92 bits per heavy atom. The van der Waals surface area contributed by atoms with Crippen molar-refractivity contribution in [2.75, 3.05) is 37.6 Å². The Morgan fingerprint density at radius 1 is 1.20 bits per heavy atom. The van der Waals surface area contributed by atoms with Crippen LogP contribution in [0.3, 0.4) is 0 Å². The second kappa shape index (κ2) is 8.23. The minimum atomic E-state index is 0.000634. The van der Waals surface area contributed by atoms with Crippen molar-refractivity contribution in [2.45, 2.75) is 19.9 Å². The predicted octanol–water partition coefficient (Wildman–Crippen LogP) is 2.33. The number of anilines is 1. The van der Waals surface area contributed by atoms with E-state index >= 15 is 0 Å². The molecule has 0 saturated carbocycles. The van der Waals surface area contributed by atoms with Gasteiger partial charge in [0, 0.05) is 50.5 Å². The van der Waals surface area contributed by atoms with E-state index in [0.717, 1.165) is 31.7 Å². The van der Waals surface area contributed by atoms with E-state index in [1.54, 1.807) is 11.1 Å². The maximum Gasteiger partial charge on any atom is 0.259 e. The highest BCUT2D eigenvalue weighted by Crippen LogP contribution is 2.17. The summed E-state index contributed by atoms with van der Waals surface area (Å²) in [7, 11) is 0. The Bertz CT molecular complexity index is 681. The summed E-state index contributed by atoms with van der Waals surface area (Å²) < 4.78 is 0. The van der Waals surface area contributed by atoms with Crippen molar-refractivity contribution in [2.24, 2.45) is 0 Å². The molecule has 1 aliphatic rings. The maximum absolute atomic E-state index is 13.1. The lowest BCUT2D eigenvalue weighted by Gasteiger charge is -2.35. The molecule has 1 N–H and O–H groups in total. The van der Waals surface area contributed by atoms with Crippen molar-refractivity contribution in [3.63, 3.8) is 0 Å². The van der Waals surface area contributed by atoms with Gasteiger partial charge in [-0.2, -0.15) is 0 Å². The van der Waals surface area contributed by atoms with E-state index in [-0.39, 0.29) is 11.9 Å². The number of pyridine rings is 1. The highest BCUT2D eigenvalue weighted by molar-refractivity contribution is 6.05. The number of hydrogen-bond acceptors (Lipinski definition) is 4. The number of amides is 1. The van der Waals surface area contributed by atoms with E-state index in [1.165, 1.54) is 0 Å². The van der Waals surface area contributed by atoms with Crippen LogP contribution >= 0.6 is 0 Å². The number of carbonyl (C=O) groups is 1. The minimum Gasteiger partial charge on any atom is -0.314 e. The number of aryl methyl sites for hydroxylation is 1. The highest BCUT2D eigenvalue weighted by Gasteiger charge is 2.24. The molecule has 25 heavy (non-hydrogen) atoms. The average Bonchev–Trinajstić information content (AvgIpc) is 2.67. The number of piperazine rings is 1. The van der Waals surface area contributed by atoms with Crippen LogP contribution in [0.5, 0.6) is 0 Å². The van der Waals surface area contributed by atoms with Crippen molar-refractivity contribution in [1.82, 2.24) is 15.2 Å². The first-order valence-corrected chi connectivity index (χ1v) is 8.89. The number of nitrogens with one attached hydrogen (secondary N) is 1. The highest BCUT2D eigenvalue weighted by atomic mass is 16.2. The van der Waals surface area contributed by atoms with Crippen LogP contribution in [0.4, 0.5) is 5.82 Å². The lowest BCUT2D eigenvalue weighted by Crippen LogP contribution is -2.52. The van der Waals surface area contributed by atoms with Crippen LogP contribution < -0.4 is 10.2 Å². The first-order chi connectivity index (χ1) is 12.1. The van der Waals surface area contributed by atoms with Gasteiger partial charge in [0.1, 0.15) is 5.82 Å². The topological polar surface area (TPSA) is 48.5 Å². The Morgan fingerprint density at radius 3 is 2.56 bits per heavy atom. The molecule has 1 fully saturated rings. The molecule has 1 amide bonds. The summed E-state index contributed by atoms with van der Waals surface area (Å²) in [4.78, 5) is 21.8. The molecular weight excluding hydrogens is 312 g/mol. The SMILES string of the molecule is Cc1ccc(C(=O)N(C[C@@H](C)N2CCNCC2)c2ccccn2)cc1. The van der Waals surface area contributed by atoms with Gasteiger partial charge in [-0.05, 0) is 38.1 Å². The van der Waals surface area contributed by atoms with E-state index in [1.807, 2.05) is 49.4 Å². The summed E-state index contributed by atoms with van der Waals surface area (Å²) in [6, 6.07) is 13.7. The zero-order valence-corrected chi connectivity index (χ0v) is 15.0. The van der Waals surface area contributed by atoms with Crippen LogP contribution in [0.1, 0.15) is 22.8 Å². The predicted molar refractivity (Wildman–Crippen MR) is 101 cm³/mol. The summed E-state index contributed by atoms with van der Waals surface area (Å²) in [5.41, 5.74) is 1.85. The van der Waals surface area contributed by atoms with Gasteiger partial charge in [0.25, 0.3) is 5.91 Å². The molecule has 5 nitrogen and oxygen atoms in total. The molecule has 0 bridgehead atoms. The van der Waals surface area contributed by atoms with Crippen LogP contribution in [0, 0.1) is 6.92 Å². The summed E-state index contributed by atoms with van der Waals surface area (Å²) >= 11 is 0. The van der Waals surface area contributed by atoms with Gasteiger partial charge in [-0.15, -0.1) is 0 Å². The largest absolute Gasteiger partial charge is 0.314 e. The lowest BCUT2D eigenvalue weighted by molar-refractivity contribution is 0.0972. The number of hydrogen-bond donors (Lipinski definition) is 1. The number of benzene rings is 1. The first kappa shape index (κ1) is 17.6. The molecular formula is C20H26N4O. The van der Waals surface area contributed by atoms with E-state index in [2.05, 4.69) is 22.1 Å². The van der Waals surface area contributed by atoms with Gasteiger partial charge in [0.15, 0.2) is 0 Å². The molecule has 0 spiro atoms. The maximum atomic E-state index is 13.1. The van der Waals surface area contributed by atoms with Crippen molar-refractivity contribution < 1.29 is 4.79 Å². The van der Waals surface area contributed by atoms with E-state index < -0.39 is 0 Å². The standard InChI is InChI=1S/C20H26N4O/c1-16-6-8-18(9-7-16)20(25)24(19-5-3-4-10-22-19)15-17(2)23-13-11-21-12-14-23/h3-10,17,21H,11-15H2,1-2H3/t17-/m1/s1. The lowest BCUT2D eigenvalue weighted by atomic mass is 10.1. The molecule has 132 valence electrons. The van der Waals surface area contributed by atoms with Gasteiger partial charge in [0.05, 0.1) is 0 Å². The number of carbonyl (C=O) groups excluding carboxylic acids is 1. The average molecular weight is 338 g/mol. The first-order valence-electron chi connectivity index (χ1n) is 8.89. The van der Waals surface area contributed by atoms with Gasteiger partial charge < -0.3 is 5.32 Å². The van der Waals surface area contributed by atoms with Crippen LogP contribution in [0.2, 0.25) is 0 Å². The fourth-order valence-electron chi connectivity index (χ4n) is 3.15. The normalized spacial score (nSPS) is 16.4. The smallest absolute Gasteiger partial charge is 0.259 e. The summed E-state index contributed by atoms with van der Waals surface area (Å²) in [5, 5.41) is 3.37. The molecule has 1 saturated heterocycles. The Balaban J connectivity index is 1.82. The van der Waals surface area contributed by atoms with Crippen molar-refractivity contribution in [3.8, 4) is 0 Å². The Kier molecular flexibility index (Phi) is 5.79. The summed E-state index contributed by atoms with van der Waals surface area (Å²) in [6.45, 7) is 8.86. The molecule has 1 aliphatic heterocycles. The molecule has 1 aromatic carbocycles. The molecule has 2 aromatic rings. The third kappa shape index (κ3) is 4.44. The van der Waals surface area contributed by atoms with Gasteiger partial charge in [-0.25, -0.2) is 4.98 Å². The number of rotatable bonds is 5. The molecule has 3 rings (SSSR count). The summed E-state index contributed by atoms with van der Waals surface area (Å²) in [5.74, 6) is 0.704. The van der Waals surface area contributed by atoms with Gasteiger partial charge >= 0.3 is 0 Å². The van der Waals surface area contributed by atoms with Crippen LogP contribution in [-0.4, -0.2) is 54.6 Å². The number of nitrogens with zero attached hydrogens (tertiary/aromatic N) is 3. The number of aromatic nitrogens is 1. The second-order valence-electron chi connectivity index (χ2n) is 6.60.